The molecule has 0 amide bonds. The van der Waals surface area contributed by atoms with Gasteiger partial charge >= 0.3 is 0 Å². The second kappa shape index (κ2) is 7.40. The Morgan fingerprint density at radius 1 is 1.19 bits per heavy atom. The maximum atomic E-state index is 10.4. The molecular formula is C21H23N3O2. The summed E-state index contributed by atoms with van der Waals surface area (Å²) in [7, 11) is 0. The van der Waals surface area contributed by atoms with Gasteiger partial charge in [-0.15, -0.1) is 0 Å². The molecule has 0 fully saturated rings. The average molecular weight is 349 g/mol. The summed E-state index contributed by atoms with van der Waals surface area (Å²) in [6.45, 7) is 4.43. The summed E-state index contributed by atoms with van der Waals surface area (Å²) in [5.74, 6) is 1.58. The SMILES string of the molecule is Cc1ncc2c(n1)CN(C[C@H](O)COc1ccc3ccccc3c1)CC2. The van der Waals surface area contributed by atoms with E-state index in [4.69, 9.17) is 4.74 Å². The van der Waals surface area contributed by atoms with Crippen LogP contribution in [0.2, 0.25) is 0 Å². The topological polar surface area (TPSA) is 58.5 Å². The van der Waals surface area contributed by atoms with E-state index >= 15 is 0 Å². The summed E-state index contributed by atoms with van der Waals surface area (Å²) < 4.78 is 5.80. The van der Waals surface area contributed by atoms with E-state index < -0.39 is 6.10 Å². The molecule has 5 nitrogen and oxygen atoms in total. The highest BCUT2D eigenvalue weighted by molar-refractivity contribution is 5.83. The zero-order valence-corrected chi connectivity index (χ0v) is 14.9. The fourth-order valence-electron chi connectivity index (χ4n) is 3.41. The Morgan fingerprint density at radius 3 is 2.92 bits per heavy atom. The standard InChI is InChI=1S/C21H23N3O2/c1-15-22-11-18-8-9-24(13-21(18)23-15)12-19(25)14-26-20-7-6-16-4-2-3-5-17(16)10-20/h2-7,10-11,19,25H,8-9,12-14H2,1H3/t19-/m0/s1. The number of aliphatic hydroxyl groups is 1. The molecule has 3 aromatic rings. The largest absolute Gasteiger partial charge is 0.491 e. The third-order valence-electron chi connectivity index (χ3n) is 4.78. The Balaban J connectivity index is 1.33. The third kappa shape index (κ3) is 3.84. The quantitative estimate of drug-likeness (QED) is 0.767. The molecule has 2 aromatic carbocycles. The second-order valence-corrected chi connectivity index (χ2v) is 6.85. The van der Waals surface area contributed by atoms with Gasteiger partial charge in [0.2, 0.25) is 0 Å². The number of nitrogens with zero attached hydrogens (tertiary/aromatic N) is 3. The molecule has 1 aliphatic heterocycles. The van der Waals surface area contributed by atoms with Gasteiger partial charge in [0.05, 0.1) is 5.69 Å². The molecule has 0 unspecified atom stereocenters. The van der Waals surface area contributed by atoms with Crippen LogP contribution in [0.1, 0.15) is 17.1 Å². The normalized spacial score (nSPS) is 15.6. The summed E-state index contributed by atoms with van der Waals surface area (Å²) in [6.07, 6.45) is 2.31. The lowest BCUT2D eigenvalue weighted by atomic mass is 10.1. The van der Waals surface area contributed by atoms with Crippen LogP contribution in [-0.2, 0) is 13.0 Å². The second-order valence-electron chi connectivity index (χ2n) is 6.85. The first-order valence-electron chi connectivity index (χ1n) is 9.01. The zero-order valence-electron chi connectivity index (χ0n) is 14.9. The molecule has 5 heteroatoms. The van der Waals surface area contributed by atoms with Crippen molar-refractivity contribution in [3.63, 3.8) is 0 Å². The van der Waals surface area contributed by atoms with E-state index in [2.05, 4.69) is 27.0 Å². The predicted molar refractivity (Wildman–Crippen MR) is 101 cm³/mol. The van der Waals surface area contributed by atoms with Crippen molar-refractivity contribution in [2.75, 3.05) is 19.7 Å². The number of aromatic nitrogens is 2. The zero-order chi connectivity index (χ0) is 17.9. The van der Waals surface area contributed by atoms with Crippen LogP contribution in [-0.4, -0.2) is 45.8 Å². The molecule has 0 radical (unpaired) electrons. The predicted octanol–water partition coefficient (Wildman–Crippen LogP) is 2.74. The fourth-order valence-corrected chi connectivity index (χ4v) is 3.41. The highest BCUT2D eigenvalue weighted by Gasteiger charge is 2.20. The van der Waals surface area contributed by atoms with Gasteiger partial charge in [0.25, 0.3) is 0 Å². The molecule has 0 bridgehead atoms. The Hall–Kier alpha value is -2.50. The van der Waals surface area contributed by atoms with Crippen molar-refractivity contribution < 1.29 is 9.84 Å². The fraction of sp³-hybridized carbons (Fsp3) is 0.333. The van der Waals surface area contributed by atoms with Gasteiger partial charge < -0.3 is 9.84 Å². The molecule has 1 aromatic heterocycles. The van der Waals surface area contributed by atoms with Crippen molar-refractivity contribution in [3.05, 3.63) is 65.7 Å². The van der Waals surface area contributed by atoms with Crippen molar-refractivity contribution in [2.24, 2.45) is 0 Å². The molecule has 0 spiro atoms. The number of benzene rings is 2. The van der Waals surface area contributed by atoms with Gasteiger partial charge in [-0.2, -0.15) is 0 Å². The minimum atomic E-state index is -0.536. The molecule has 1 aliphatic rings. The van der Waals surface area contributed by atoms with Crippen LogP contribution in [0.3, 0.4) is 0 Å². The number of hydrogen-bond donors (Lipinski definition) is 1. The van der Waals surface area contributed by atoms with E-state index in [-0.39, 0.29) is 6.61 Å². The van der Waals surface area contributed by atoms with E-state index in [0.717, 1.165) is 42.2 Å². The maximum Gasteiger partial charge on any atom is 0.125 e. The maximum absolute atomic E-state index is 10.4. The lowest BCUT2D eigenvalue weighted by Crippen LogP contribution is -2.39. The molecule has 26 heavy (non-hydrogen) atoms. The summed E-state index contributed by atoms with van der Waals surface area (Å²) in [5.41, 5.74) is 2.29. The number of rotatable bonds is 5. The highest BCUT2D eigenvalue weighted by Crippen LogP contribution is 2.21. The number of aryl methyl sites for hydroxylation is 1. The number of aliphatic hydroxyl groups excluding tert-OH is 1. The molecule has 0 saturated carbocycles. The summed E-state index contributed by atoms with van der Waals surface area (Å²) in [5, 5.41) is 12.7. The molecular weight excluding hydrogens is 326 g/mol. The minimum Gasteiger partial charge on any atom is -0.491 e. The first kappa shape index (κ1) is 16.9. The highest BCUT2D eigenvalue weighted by atomic mass is 16.5. The number of fused-ring (bicyclic) bond motifs is 2. The minimum absolute atomic E-state index is 0.282. The number of β-amino-alcohol motifs (C(OH)–C–C–N with tert-alkyl or cyclic N) is 1. The average Bonchev–Trinajstić information content (AvgIpc) is 2.66. The van der Waals surface area contributed by atoms with Crippen molar-refractivity contribution in [1.29, 1.82) is 0 Å². The van der Waals surface area contributed by atoms with Crippen molar-refractivity contribution in [1.82, 2.24) is 14.9 Å². The van der Waals surface area contributed by atoms with Gasteiger partial charge in [-0.25, -0.2) is 9.97 Å². The van der Waals surface area contributed by atoms with E-state index in [1.54, 1.807) is 0 Å². The first-order valence-corrected chi connectivity index (χ1v) is 9.01. The van der Waals surface area contributed by atoms with Crippen molar-refractivity contribution in [3.8, 4) is 5.75 Å². The Labute approximate surface area is 153 Å². The van der Waals surface area contributed by atoms with Gasteiger partial charge in [-0.05, 0) is 41.8 Å². The van der Waals surface area contributed by atoms with Crippen LogP contribution in [0.4, 0.5) is 0 Å². The number of hydrogen-bond acceptors (Lipinski definition) is 5. The summed E-state index contributed by atoms with van der Waals surface area (Å²) in [4.78, 5) is 11.0. The van der Waals surface area contributed by atoms with Crippen LogP contribution in [0.15, 0.2) is 48.7 Å². The molecule has 1 atom stereocenters. The number of ether oxygens (including phenoxy) is 1. The summed E-state index contributed by atoms with van der Waals surface area (Å²) in [6, 6.07) is 14.2. The smallest absolute Gasteiger partial charge is 0.125 e. The van der Waals surface area contributed by atoms with Crippen LogP contribution in [0.5, 0.6) is 5.75 Å². The lowest BCUT2D eigenvalue weighted by Gasteiger charge is -2.29. The Bertz CT molecular complexity index is 913. The Kier molecular flexibility index (Phi) is 4.82. The van der Waals surface area contributed by atoms with Crippen molar-refractivity contribution in [2.45, 2.75) is 26.0 Å². The van der Waals surface area contributed by atoms with Crippen molar-refractivity contribution >= 4 is 10.8 Å². The molecule has 134 valence electrons. The van der Waals surface area contributed by atoms with E-state index in [1.165, 1.54) is 10.9 Å². The van der Waals surface area contributed by atoms with Gasteiger partial charge in [0.15, 0.2) is 0 Å². The molecule has 2 heterocycles. The molecule has 1 N–H and O–H groups in total. The Morgan fingerprint density at radius 2 is 2.04 bits per heavy atom. The van der Waals surface area contributed by atoms with E-state index in [0.29, 0.717) is 6.54 Å². The van der Waals surface area contributed by atoms with Gasteiger partial charge in [0.1, 0.15) is 24.3 Å². The lowest BCUT2D eigenvalue weighted by molar-refractivity contribution is 0.0632. The van der Waals surface area contributed by atoms with Gasteiger partial charge in [-0.1, -0.05) is 30.3 Å². The van der Waals surface area contributed by atoms with Gasteiger partial charge in [-0.3, -0.25) is 4.90 Å². The van der Waals surface area contributed by atoms with E-state index in [9.17, 15) is 5.11 Å². The van der Waals surface area contributed by atoms with Crippen LogP contribution >= 0.6 is 0 Å². The molecule has 4 rings (SSSR count). The van der Waals surface area contributed by atoms with Crippen LogP contribution < -0.4 is 4.74 Å². The monoisotopic (exact) mass is 349 g/mol. The first-order chi connectivity index (χ1) is 12.7. The third-order valence-corrected chi connectivity index (χ3v) is 4.78. The molecule has 0 saturated heterocycles. The van der Waals surface area contributed by atoms with Crippen LogP contribution in [0.25, 0.3) is 10.8 Å². The van der Waals surface area contributed by atoms with Crippen LogP contribution in [0, 0.1) is 6.92 Å². The molecule has 0 aliphatic carbocycles. The van der Waals surface area contributed by atoms with Gasteiger partial charge in [0, 0.05) is 25.8 Å². The summed E-state index contributed by atoms with van der Waals surface area (Å²) >= 11 is 0. The van der Waals surface area contributed by atoms with E-state index in [1.807, 2.05) is 43.5 Å².